The van der Waals surface area contributed by atoms with Gasteiger partial charge in [0.25, 0.3) is 0 Å². The number of primary amides is 1. The molecule has 2 saturated heterocycles. The number of nitrogens with two attached hydrogens (primary N) is 1. The number of allylic oxidation sites excluding steroid dienone is 3. The lowest BCUT2D eigenvalue weighted by molar-refractivity contribution is -0.306. The van der Waals surface area contributed by atoms with Crippen molar-refractivity contribution in [2.75, 3.05) is 32.7 Å². The average Bonchev–Trinajstić information content (AvgIpc) is 2.89. The molecule has 10 heteroatoms. The van der Waals surface area contributed by atoms with Crippen LogP contribution in [0.15, 0.2) is 53.8 Å². The van der Waals surface area contributed by atoms with E-state index in [-0.39, 0.29) is 47.4 Å². The largest absolute Gasteiger partial charge is 0.572 e. The number of hydrogen-bond acceptors (Lipinski definition) is 4. The summed E-state index contributed by atoms with van der Waals surface area (Å²) < 4.78 is 42.9. The number of nitrogens with zero attached hydrogens (tertiary/aromatic N) is 3. The average molecular weight is 577 g/mol. The van der Waals surface area contributed by atoms with Crippen molar-refractivity contribution in [3.05, 3.63) is 59.4 Å². The number of carbonyl (C=O) groups excluding carboxylic acids is 2. The molecule has 1 aromatic rings. The van der Waals surface area contributed by atoms with Crippen molar-refractivity contribution >= 4 is 11.9 Å². The number of piperidine rings is 1. The molecule has 3 unspecified atom stereocenters. The van der Waals surface area contributed by atoms with E-state index >= 15 is 0 Å². The first-order chi connectivity index (χ1) is 19.2. The molecule has 3 atom stereocenters. The van der Waals surface area contributed by atoms with Gasteiger partial charge in [0, 0.05) is 51.6 Å². The van der Waals surface area contributed by atoms with Crippen molar-refractivity contribution in [2.45, 2.75) is 71.8 Å². The summed E-state index contributed by atoms with van der Waals surface area (Å²) in [4.78, 5) is 31.2. The summed E-state index contributed by atoms with van der Waals surface area (Å²) in [6, 6.07) is 9.46. The molecule has 0 spiro atoms. The molecule has 3 amide bonds. The molecule has 0 radical (unpaired) electrons. The SMILES string of the molecule is CC1CC(OC(F)(F)F)=CC=C1C(c1ccccc1)N1CCN(C(=O)CC2CCN(C(N)=O)CC2)C(C(C)(C)C)C1. The second kappa shape index (κ2) is 12.5. The number of alkyl halides is 3. The molecule has 2 fully saturated rings. The number of urea groups is 1. The molecule has 1 aromatic carbocycles. The second-order valence-corrected chi connectivity index (χ2v) is 12.7. The maximum Gasteiger partial charge on any atom is 0.572 e. The molecule has 1 aliphatic carbocycles. The number of amides is 3. The minimum atomic E-state index is -4.71. The van der Waals surface area contributed by atoms with E-state index in [4.69, 9.17) is 5.73 Å². The van der Waals surface area contributed by atoms with E-state index in [9.17, 15) is 22.8 Å². The maximum atomic E-state index is 13.7. The van der Waals surface area contributed by atoms with E-state index in [0.717, 1.165) is 24.0 Å². The lowest BCUT2D eigenvalue weighted by Gasteiger charge is -2.50. The van der Waals surface area contributed by atoms with E-state index in [1.54, 1.807) is 11.0 Å². The summed E-state index contributed by atoms with van der Waals surface area (Å²) in [5.74, 6) is 0.134. The van der Waals surface area contributed by atoms with Crippen LogP contribution in [0.2, 0.25) is 0 Å². The standard InChI is InChI=1S/C31H43F3N4O3/c1-21-18-24(41-31(32,33)34)10-11-25(21)28(23-8-6-5-7-9-23)37-16-17-38(26(20-37)30(2,3)4)27(39)19-22-12-14-36(15-13-22)29(35)40/h5-11,21-22,26,28H,12-20H2,1-4H3,(H2,35,40). The summed E-state index contributed by atoms with van der Waals surface area (Å²) in [6.45, 7) is 11.4. The Morgan fingerprint density at radius 1 is 1.02 bits per heavy atom. The van der Waals surface area contributed by atoms with Gasteiger partial charge in [-0.3, -0.25) is 9.69 Å². The van der Waals surface area contributed by atoms with Crippen LogP contribution in [0.3, 0.4) is 0 Å². The third kappa shape index (κ3) is 7.84. The van der Waals surface area contributed by atoms with Crippen LogP contribution in [-0.2, 0) is 9.53 Å². The van der Waals surface area contributed by atoms with Crippen LogP contribution in [0.4, 0.5) is 18.0 Å². The Labute approximate surface area is 241 Å². The number of rotatable bonds is 6. The van der Waals surface area contributed by atoms with Gasteiger partial charge in [0.2, 0.25) is 5.91 Å². The zero-order chi connectivity index (χ0) is 29.9. The van der Waals surface area contributed by atoms with Gasteiger partial charge in [-0.1, -0.05) is 64.1 Å². The minimum absolute atomic E-state index is 0.0418. The van der Waals surface area contributed by atoms with Crippen LogP contribution in [0, 0.1) is 17.3 Å². The van der Waals surface area contributed by atoms with Crippen LogP contribution in [0.5, 0.6) is 0 Å². The summed E-state index contributed by atoms with van der Waals surface area (Å²) >= 11 is 0. The zero-order valence-corrected chi connectivity index (χ0v) is 24.5. The van der Waals surface area contributed by atoms with E-state index < -0.39 is 12.4 Å². The molecule has 0 bridgehead atoms. The molecular weight excluding hydrogens is 533 g/mol. The molecule has 2 heterocycles. The fraction of sp³-hybridized carbons (Fsp3) is 0.613. The first kappa shape index (κ1) is 30.9. The van der Waals surface area contributed by atoms with Crippen LogP contribution in [0.25, 0.3) is 0 Å². The van der Waals surface area contributed by atoms with E-state index in [2.05, 4.69) is 42.5 Å². The van der Waals surface area contributed by atoms with Crippen LogP contribution >= 0.6 is 0 Å². The van der Waals surface area contributed by atoms with Gasteiger partial charge in [0.1, 0.15) is 5.76 Å². The first-order valence-electron chi connectivity index (χ1n) is 14.5. The lowest BCUT2D eigenvalue weighted by Crippen LogP contribution is -2.60. The van der Waals surface area contributed by atoms with Gasteiger partial charge in [-0.05, 0) is 47.3 Å². The van der Waals surface area contributed by atoms with E-state index in [1.807, 2.05) is 30.0 Å². The third-order valence-electron chi connectivity index (χ3n) is 8.70. The number of hydrogen-bond donors (Lipinski definition) is 1. The molecule has 0 aromatic heterocycles. The Hall–Kier alpha value is -3.01. The van der Waals surface area contributed by atoms with E-state index in [1.165, 1.54) is 6.08 Å². The van der Waals surface area contributed by atoms with Gasteiger partial charge < -0.3 is 20.3 Å². The highest BCUT2D eigenvalue weighted by Gasteiger charge is 2.42. The molecule has 0 saturated carbocycles. The number of benzene rings is 1. The van der Waals surface area contributed by atoms with Gasteiger partial charge in [-0.15, -0.1) is 13.2 Å². The van der Waals surface area contributed by atoms with Crippen molar-refractivity contribution in [2.24, 2.45) is 23.0 Å². The predicted octanol–water partition coefficient (Wildman–Crippen LogP) is 5.85. The van der Waals surface area contributed by atoms with Crippen molar-refractivity contribution in [3.8, 4) is 0 Å². The fourth-order valence-electron chi connectivity index (χ4n) is 6.48. The van der Waals surface area contributed by atoms with Gasteiger partial charge in [-0.2, -0.15) is 0 Å². The predicted molar refractivity (Wildman–Crippen MR) is 151 cm³/mol. The fourth-order valence-corrected chi connectivity index (χ4v) is 6.48. The number of ether oxygens (including phenoxy) is 1. The highest BCUT2D eigenvalue weighted by molar-refractivity contribution is 5.77. The van der Waals surface area contributed by atoms with E-state index in [0.29, 0.717) is 39.1 Å². The quantitative estimate of drug-likeness (QED) is 0.461. The number of carbonyl (C=O) groups is 2. The van der Waals surface area contributed by atoms with Crippen molar-refractivity contribution in [1.82, 2.24) is 14.7 Å². The molecule has 226 valence electrons. The Kier molecular flexibility index (Phi) is 9.41. The van der Waals surface area contributed by atoms with Crippen LogP contribution in [0.1, 0.15) is 65.0 Å². The molecule has 3 aliphatic rings. The molecule has 2 aliphatic heterocycles. The summed E-state index contributed by atoms with van der Waals surface area (Å²) in [5.41, 5.74) is 7.35. The van der Waals surface area contributed by atoms with Crippen molar-refractivity contribution in [3.63, 3.8) is 0 Å². The molecule has 41 heavy (non-hydrogen) atoms. The van der Waals surface area contributed by atoms with Crippen LogP contribution < -0.4 is 5.73 Å². The number of halogens is 3. The molecule has 4 rings (SSSR count). The van der Waals surface area contributed by atoms with Gasteiger partial charge in [0.05, 0.1) is 6.04 Å². The highest BCUT2D eigenvalue weighted by atomic mass is 19.4. The molecule has 2 N–H and O–H groups in total. The Morgan fingerprint density at radius 2 is 1.68 bits per heavy atom. The molecular formula is C31H43F3N4O3. The Morgan fingerprint density at radius 3 is 2.24 bits per heavy atom. The van der Waals surface area contributed by atoms with Gasteiger partial charge in [0.15, 0.2) is 0 Å². The van der Waals surface area contributed by atoms with Gasteiger partial charge >= 0.3 is 12.4 Å². The minimum Gasteiger partial charge on any atom is -0.410 e. The third-order valence-corrected chi connectivity index (χ3v) is 8.70. The van der Waals surface area contributed by atoms with Crippen LogP contribution in [-0.4, -0.2) is 71.8 Å². The first-order valence-corrected chi connectivity index (χ1v) is 14.5. The van der Waals surface area contributed by atoms with Gasteiger partial charge in [-0.25, -0.2) is 4.79 Å². The Balaban J connectivity index is 1.55. The van der Waals surface area contributed by atoms with Crippen molar-refractivity contribution < 1.29 is 27.5 Å². The molecule has 7 nitrogen and oxygen atoms in total. The summed E-state index contributed by atoms with van der Waals surface area (Å²) in [5, 5.41) is 0. The Bertz CT molecular complexity index is 1140. The topological polar surface area (TPSA) is 79.1 Å². The summed E-state index contributed by atoms with van der Waals surface area (Å²) in [7, 11) is 0. The van der Waals surface area contributed by atoms with Crippen molar-refractivity contribution in [1.29, 1.82) is 0 Å². The maximum absolute atomic E-state index is 13.7. The second-order valence-electron chi connectivity index (χ2n) is 12.7. The normalized spacial score (nSPS) is 24.0. The zero-order valence-electron chi connectivity index (χ0n) is 24.5. The number of piperazine rings is 1. The lowest BCUT2D eigenvalue weighted by atomic mass is 9.80. The smallest absolute Gasteiger partial charge is 0.410 e. The number of likely N-dealkylation sites (tertiary alicyclic amines) is 1. The summed E-state index contributed by atoms with van der Waals surface area (Å²) in [6.07, 6.45) is 0.686. The highest BCUT2D eigenvalue weighted by Crippen LogP contribution is 2.41. The monoisotopic (exact) mass is 576 g/mol.